The van der Waals surface area contributed by atoms with Gasteiger partial charge in [-0.15, -0.1) is 0 Å². The number of nitriles is 1. The highest BCUT2D eigenvalue weighted by Crippen LogP contribution is 2.04. The summed E-state index contributed by atoms with van der Waals surface area (Å²) in [4.78, 5) is 11.3. The van der Waals surface area contributed by atoms with E-state index in [1.807, 2.05) is 0 Å². The Bertz CT molecular complexity index is 208. The van der Waals surface area contributed by atoms with Crippen molar-refractivity contribution in [1.82, 2.24) is 5.32 Å². The van der Waals surface area contributed by atoms with Gasteiger partial charge in [-0.25, -0.2) is 0 Å². The van der Waals surface area contributed by atoms with Crippen LogP contribution in [0.3, 0.4) is 0 Å². The van der Waals surface area contributed by atoms with Gasteiger partial charge in [0.2, 0.25) is 5.91 Å². The molecule has 1 N–H and O–H groups in total. The molecule has 0 heterocycles. The van der Waals surface area contributed by atoms with E-state index < -0.39 is 0 Å². The molecule has 0 aliphatic heterocycles. The van der Waals surface area contributed by atoms with Gasteiger partial charge >= 0.3 is 0 Å². The SMILES string of the molecule is CCCCCCCC(=O)NCCCCC#N. The first-order valence-corrected chi connectivity index (χ1v) is 6.45. The third-order valence-corrected chi connectivity index (χ3v) is 2.54. The molecule has 0 fully saturated rings. The minimum absolute atomic E-state index is 0.161. The van der Waals surface area contributed by atoms with E-state index in [0.717, 1.165) is 32.2 Å². The Labute approximate surface area is 99.2 Å². The van der Waals surface area contributed by atoms with Gasteiger partial charge in [-0.05, 0) is 19.3 Å². The maximum absolute atomic E-state index is 11.3. The van der Waals surface area contributed by atoms with Crippen LogP contribution < -0.4 is 5.32 Å². The third kappa shape index (κ3) is 11.0. The first-order chi connectivity index (χ1) is 7.81. The average Bonchev–Trinajstić information content (AvgIpc) is 2.28. The van der Waals surface area contributed by atoms with E-state index in [1.165, 1.54) is 19.3 Å². The fraction of sp³-hybridized carbons (Fsp3) is 0.846. The molecule has 0 bridgehead atoms. The Kier molecular flexibility index (Phi) is 11.2. The number of amides is 1. The van der Waals surface area contributed by atoms with Crippen molar-refractivity contribution in [3.8, 4) is 6.07 Å². The van der Waals surface area contributed by atoms with Crippen LogP contribution in [0.1, 0.15) is 64.7 Å². The fourth-order valence-electron chi connectivity index (χ4n) is 1.53. The summed E-state index contributed by atoms with van der Waals surface area (Å²) in [6.07, 6.45) is 8.96. The van der Waals surface area contributed by atoms with Crippen LogP contribution in [0, 0.1) is 11.3 Å². The summed E-state index contributed by atoms with van der Waals surface area (Å²) >= 11 is 0. The van der Waals surface area contributed by atoms with Gasteiger partial charge in [0.15, 0.2) is 0 Å². The number of rotatable bonds is 10. The average molecular weight is 224 g/mol. The molecule has 3 nitrogen and oxygen atoms in total. The van der Waals surface area contributed by atoms with Crippen molar-refractivity contribution in [3.05, 3.63) is 0 Å². The lowest BCUT2D eigenvalue weighted by atomic mass is 10.1. The van der Waals surface area contributed by atoms with E-state index in [9.17, 15) is 4.79 Å². The number of carbonyl (C=O) groups excluding carboxylic acids is 1. The van der Waals surface area contributed by atoms with Gasteiger partial charge in [0, 0.05) is 19.4 Å². The number of hydrogen-bond acceptors (Lipinski definition) is 2. The lowest BCUT2D eigenvalue weighted by Crippen LogP contribution is -2.23. The summed E-state index contributed by atoms with van der Waals surface area (Å²) in [5, 5.41) is 11.2. The van der Waals surface area contributed by atoms with Crippen LogP contribution in [0.4, 0.5) is 0 Å². The molecule has 92 valence electrons. The molecule has 0 radical (unpaired) electrons. The molecule has 0 aliphatic carbocycles. The summed E-state index contributed by atoms with van der Waals surface area (Å²) in [7, 11) is 0. The topological polar surface area (TPSA) is 52.9 Å². The predicted octanol–water partition coefficient (Wildman–Crippen LogP) is 3.16. The van der Waals surface area contributed by atoms with Crippen molar-refractivity contribution in [2.24, 2.45) is 0 Å². The molecule has 0 atom stereocenters. The number of unbranched alkanes of at least 4 members (excludes halogenated alkanes) is 6. The van der Waals surface area contributed by atoms with Gasteiger partial charge in [-0.3, -0.25) is 4.79 Å². The maximum Gasteiger partial charge on any atom is 0.219 e. The Morgan fingerprint density at radius 2 is 1.88 bits per heavy atom. The van der Waals surface area contributed by atoms with Gasteiger partial charge in [0.1, 0.15) is 0 Å². The van der Waals surface area contributed by atoms with Crippen LogP contribution in [0.15, 0.2) is 0 Å². The molecule has 0 aliphatic rings. The zero-order valence-electron chi connectivity index (χ0n) is 10.4. The van der Waals surface area contributed by atoms with E-state index >= 15 is 0 Å². The van der Waals surface area contributed by atoms with Crippen LogP contribution in [0.2, 0.25) is 0 Å². The van der Waals surface area contributed by atoms with Crippen molar-refractivity contribution in [1.29, 1.82) is 5.26 Å². The van der Waals surface area contributed by atoms with Gasteiger partial charge in [0.05, 0.1) is 6.07 Å². The minimum atomic E-state index is 0.161. The lowest BCUT2D eigenvalue weighted by molar-refractivity contribution is -0.121. The van der Waals surface area contributed by atoms with Crippen LogP contribution in [-0.2, 0) is 4.79 Å². The maximum atomic E-state index is 11.3. The zero-order chi connectivity index (χ0) is 12.1. The molecule has 1 amide bonds. The molecular formula is C13H24N2O. The smallest absolute Gasteiger partial charge is 0.219 e. The highest BCUT2D eigenvalue weighted by atomic mass is 16.1. The Morgan fingerprint density at radius 3 is 2.56 bits per heavy atom. The van der Waals surface area contributed by atoms with Crippen LogP contribution in [0.25, 0.3) is 0 Å². The molecule has 16 heavy (non-hydrogen) atoms. The first kappa shape index (κ1) is 15.0. The molecule has 0 aromatic rings. The molecule has 0 aromatic carbocycles. The Hall–Kier alpha value is -1.04. The van der Waals surface area contributed by atoms with Gasteiger partial charge in [0.25, 0.3) is 0 Å². The first-order valence-electron chi connectivity index (χ1n) is 6.45. The number of nitrogens with zero attached hydrogens (tertiary/aromatic N) is 1. The fourth-order valence-corrected chi connectivity index (χ4v) is 1.53. The monoisotopic (exact) mass is 224 g/mol. The quantitative estimate of drug-likeness (QED) is 0.579. The molecule has 0 saturated heterocycles. The Balaban J connectivity index is 3.16. The van der Waals surface area contributed by atoms with Crippen molar-refractivity contribution in [2.75, 3.05) is 6.54 Å². The third-order valence-electron chi connectivity index (χ3n) is 2.54. The Morgan fingerprint density at radius 1 is 1.12 bits per heavy atom. The standard InChI is InChI=1S/C13H24N2O/c1-2-3-4-5-7-10-13(16)15-12-9-6-8-11-14/h2-10,12H2,1H3,(H,15,16). The van der Waals surface area contributed by atoms with E-state index in [0.29, 0.717) is 12.8 Å². The number of carbonyl (C=O) groups is 1. The summed E-state index contributed by atoms with van der Waals surface area (Å²) in [6, 6.07) is 2.10. The molecule has 3 heteroatoms. The highest BCUT2D eigenvalue weighted by Gasteiger charge is 1.99. The largest absolute Gasteiger partial charge is 0.356 e. The van der Waals surface area contributed by atoms with Crippen molar-refractivity contribution < 1.29 is 4.79 Å². The van der Waals surface area contributed by atoms with Crippen LogP contribution in [-0.4, -0.2) is 12.5 Å². The molecular weight excluding hydrogens is 200 g/mol. The molecule has 0 rings (SSSR count). The van der Waals surface area contributed by atoms with E-state index in [1.54, 1.807) is 0 Å². The second-order valence-corrected chi connectivity index (χ2v) is 4.13. The lowest BCUT2D eigenvalue weighted by Gasteiger charge is -2.04. The normalized spacial score (nSPS) is 9.75. The van der Waals surface area contributed by atoms with Gasteiger partial charge < -0.3 is 5.32 Å². The van der Waals surface area contributed by atoms with E-state index in [-0.39, 0.29) is 5.91 Å². The van der Waals surface area contributed by atoms with Crippen molar-refractivity contribution in [2.45, 2.75) is 64.7 Å². The highest BCUT2D eigenvalue weighted by molar-refractivity contribution is 5.75. The van der Waals surface area contributed by atoms with Gasteiger partial charge in [-0.2, -0.15) is 5.26 Å². The predicted molar refractivity (Wildman–Crippen MR) is 65.8 cm³/mol. The summed E-state index contributed by atoms with van der Waals surface area (Å²) in [5.41, 5.74) is 0. The second kappa shape index (κ2) is 12.0. The van der Waals surface area contributed by atoms with Gasteiger partial charge in [-0.1, -0.05) is 32.6 Å². The molecule has 0 saturated carbocycles. The second-order valence-electron chi connectivity index (χ2n) is 4.13. The molecule has 0 spiro atoms. The zero-order valence-corrected chi connectivity index (χ0v) is 10.4. The number of hydrogen-bond donors (Lipinski definition) is 1. The summed E-state index contributed by atoms with van der Waals surface area (Å²) in [5.74, 6) is 0.161. The molecule has 0 unspecified atom stereocenters. The van der Waals surface area contributed by atoms with Crippen molar-refractivity contribution >= 4 is 5.91 Å². The van der Waals surface area contributed by atoms with Crippen molar-refractivity contribution in [3.63, 3.8) is 0 Å². The van der Waals surface area contributed by atoms with E-state index in [2.05, 4.69) is 18.3 Å². The summed E-state index contributed by atoms with van der Waals surface area (Å²) in [6.45, 7) is 2.91. The number of nitrogens with one attached hydrogen (secondary N) is 1. The summed E-state index contributed by atoms with van der Waals surface area (Å²) < 4.78 is 0. The van der Waals surface area contributed by atoms with Crippen LogP contribution in [0.5, 0.6) is 0 Å². The van der Waals surface area contributed by atoms with Crippen LogP contribution >= 0.6 is 0 Å². The minimum Gasteiger partial charge on any atom is -0.356 e. The van der Waals surface area contributed by atoms with E-state index in [4.69, 9.17) is 5.26 Å². The molecule has 0 aromatic heterocycles.